The molecule has 4 aromatic rings. The highest BCUT2D eigenvalue weighted by atomic mass is 32.2. The summed E-state index contributed by atoms with van der Waals surface area (Å²) in [6.45, 7) is 6.64. The normalized spacial score (nSPS) is 15.1. The fraction of sp³-hybridized carbons (Fsp3) is 0.281. The number of ether oxygens (including phenoxy) is 1. The lowest BCUT2D eigenvalue weighted by Gasteiger charge is -2.24. The Bertz CT molecular complexity index is 1500. The summed E-state index contributed by atoms with van der Waals surface area (Å²) >= 11 is 1.58. The summed E-state index contributed by atoms with van der Waals surface area (Å²) in [4.78, 5) is 28.6. The average Bonchev–Trinajstić information content (AvgIpc) is 3.30. The Labute approximate surface area is 239 Å². The van der Waals surface area contributed by atoms with Crippen LogP contribution in [0.4, 0.5) is 5.82 Å². The van der Waals surface area contributed by atoms with Crippen LogP contribution in [0.5, 0.6) is 5.75 Å². The highest BCUT2D eigenvalue weighted by molar-refractivity contribution is 8.00. The minimum atomic E-state index is -0.198. The van der Waals surface area contributed by atoms with E-state index in [9.17, 15) is 9.59 Å². The molecular formula is C32H34N4O3S. The molecule has 1 N–H and O–H groups in total. The molecule has 1 aliphatic rings. The summed E-state index contributed by atoms with van der Waals surface area (Å²) in [5.74, 6) is 1.55. The van der Waals surface area contributed by atoms with Crippen LogP contribution in [0.15, 0.2) is 78.9 Å². The maximum absolute atomic E-state index is 13.8. The zero-order valence-electron chi connectivity index (χ0n) is 23.3. The molecule has 1 aromatic heterocycles. The minimum Gasteiger partial charge on any atom is -0.497 e. The predicted molar refractivity (Wildman–Crippen MR) is 161 cm³/mol. The molecule has 2 amide bonds. The number of fused-ring (bicyclic) bond motifs is 1. The molecule has 0 radical (unpaired) electrons. The largest absolute Gasteiger partial charge is 0.497 e. The number of carbonyl (C=O) groups excluding carboxylic acids is 2. The highest BCUT2D eigenvalue weighted by Gasteiger charge is 2.38. The Morgan fingerprint density at radius 3 is 2.42 bits per heavy atom. The number of nitrogens with zero attached hydrogens (tertiary/aromatic N) is 3. The summed E-state index contributed by atoms with van der Waals surface area (Å²) in [7, 11) is 1.63. The van der Waals surface area contributed by atoms with E-state index in [2.05, 4.69) is 24.4 Å². The van der Waals surface area contributed by atoms with Crippen molar-refractivity contribution in [2.75, 3.05) is 30.9 Å². The molecule has 206 valence electrons. The average molecular weight is 555 g/mol. The molecule has 1 aliphatic heterocycles. The first kappa shape index (κ1) is 27.5. The van der Waals surface area contributed by atoms with Gasteiger partial charge in [0.05, 0.1) is 29.5 Å². The van der Waals surface area contributed by atoms with E-state index in [1.165, 1.54) is 0 Å². The Balaban J connectivity index is 1.77. The van der Waals surface area contributed by atoms with Gasteiger partial charge in [0.2, 0.25) is 11.8 Å². The molecule has 2 heterocycles. The van der Waals surface area contributed by atoms with Gasteiger partial charge in [0.15, 0.2) is 0 Å². The second-order valence-electron chi connectivity index (χ2n) is 10.3. The van der Waals surface area contributed by atoms with Gasteiger partial charge in [-0.3, -0.25) is 14.5 Å². The minimum absolute atomic E-state index is 0.0876. The summed E-state index contributed by atoms with van der Waals surface area (Å²) in [5.41, 5.74) is 5.69. The predicted octanol–water partition coefficient (Wildman–Crippen LogP) is 5.80. The third-order valence-corrected chi connectivity index (χ3v) is 8.17. The number of anilines is 1. The van der Waals surface area contributed by atoms with Crippen molar-refractivity contribution in [3.05, 3.63) is 95.6 Å². The van der Waals surface area contributed by atoms with Crippen LogP contribution in [0.2, 0.25) is 0 Å². The van der Waals surface area contributed by atoms with Crippen LogP contribution in [-0.4, -0.2) is 47.5 Å². The van der Waals surface area contributed by atoms with Gasteiger partial charge in [0, 0.05) is 17.7 Å². The van der Waals surface area contributed by atoms with Gasteiger partial charge in [0.25, 0.3) is 0 Å². The quantitative estimate of drug-likeness (QED) is 0.298. The van der Waals surface area contributed by atoms with Crippen LogP contribution in [0, 0.1) is 12.8 Å². The van der Waals surface area contributed by atoms with Gasteiger partial charge in [-0.15, -0.1) is 11.8 Å². The van der Waals surface area contributed by atoms with Crippen molar-refractivity contribution < 1.29 is 14.3 Å². The van der Waals surface area contributed by atoms with Crippen molar-refractivity contribution in [2.45, 2.75) is 26.0 Å². The van der Waals surface area contributed by atoms with Gasteiger partial charge < -0.3 is 10.1 Å². The summed E-state index contributed by atoms with van der Waals surface area (Å²) < 4.78 is 7.19. The SMILES string of the molecule is COc1ccc(-n2nc(-c3ccccc3)c3c2N(CC(=O)NCC(C)C)C(=O)CS[C@@H]3c2ccccc2C)cc1. The molecule has 0 fully saturated rings. The molecule has 0 bridgehead atoms. The van der Waals surface area contributed by atoms with E-state index in [0.29, 0.717) is 18.3 Å². The van der Waals surface area contributed by atoms with Crippen molar-refractivity contribution in [3.63, 3.8) is 0 Å². The zero-order valence-corrected chi connectivity index (χ0v) is 24.1. The molecule has 7 nitrogen and oxygen atoms in total. The lowest BCUT2D eigenvalue weighted by Crippen LogP contribution is -2.43. The number of benzene rings is 3. The van der Waals surface area contributed by atoms with Gasteiger partial charge in [-0.05, 0) is 48.2 Å². The topological polar surface area (TPSA) is 76.5 Å². The van der Waals surface area contributed by atoms with Crippen LogP contribution >= 0.6 is 11.8 Å². The number of thioether (sulfide) groups is 1. The Kier molecular flexibility index (Phi) is 8.26. The van der Waals surface area contributed by atoms with Crippen LogP contribution in [-0.2, 0) is 9.59 Å². The molecular weight excluding hydrogens is 520 g/mol. The highest BCUT2D eigenvalue weighted by Crippen LogP contribution is 2.49. The fourth-order valence-electron chi connectivity index (χ4n) is 4.88. The number of hydrogen-bond donors (Lipinski definition) is 1. The first-order chi connectivity index (χ1) is 19.4. The second kappa shape index (κ2) is 12.0. The Morgan fingerprint density at radius 1 is 1.05 bits per heavy atom. The number of methoxy groups -OCH3 is 1. The van der Waals surface area contributed by atoms with Crippen LogP contribution in [0.25, 0.3) is 16.9 Å². The first-order valence-electron chi connectivity index (χ1n) is 13.4. The number of hydrogen-bond acceptors (Lipinski definition) is 5. The molecule has 0 aliphatic carbocycles. The van der Waals surface area contributed by atoms with Crippen molar-refractivity contribution in [1.29, 1.82) is 0 Å². The van der Waals surface area contributed by atoms with Gasteiger partial charge in [-0.25, -0.2) is 4.68 Å². The van der Waals surface area contributed by atoms with Gasteiger partial charge in [0.1, 0.15) is 18.1 Å². The molecule has 3 aromatic carbocycles. The molecule has 0 spiro atoms. The van der Waals surface area contributed by atoms with Crippen LogP contribution in [0.1, 0.15) is 35.8 Å². The summed E-state index contributed by atoms with van der Waals surface area (Å²) in [6, 6.07) is 25.9. The first-order valence-corrected chi connectivity index (χ1v) is 14.5. The van der Waals surface area contributed by atoms with Crippen LogP contribution in [0.3, 0.4) is 0 Å². The monoisotopic (exact) mass is 554 g/mol. The Hall–Kier alpha value is -4.04. The van der Waals surface area contributed by atoms with E-state index in [4.69, 9.17) is 9.84 Å². The van der Waals surface area contributed by atoms with Crippen LogP contribution < -0.4 is 15.0 Å². The number of nitrogens with one attached hydrogen (secondary N) is 1. The molecule has 0 saturated carbocycles. The van der Waals surface area contributed by atoms with E-state index >= 15 is 0 Å². The van der Waals surface area contributed by atoms with Crippen molar-refractivity contribution in [2.24, 2.45) is 5.92 Å². The molecule has 0 unspecified atom stereocenters. The third kappa shape index (κ3) is 5.63. The van der Waals surface area contributed by atoms with E-state index in [0.717, 1.165) is 39.4 Å². The molecule has 5 rings (SSSR count). The summed E-state index contributed by atoms with van der Waals surface area (Å²) in [5, 5.41) is 7.96. The second-order valence-corrected chi connectivity index (χ2v) is 11.4. The Morgan fingerprint density at radius 2 is 1.75 bits per heavy atom. The van der Waals surface area contributed by atoms with Gasteiger partial charge in [-0.1, -0.05) is 68.4 Å². The fourth-order valence-corrected chi connectivity index (χ4v) is 6.17. The van der Waals surface area contributed by atoms with E-state index in [-0.39, 0.29) is 29.4 Å². The van der Waals surface area contributed by atoms with Gasteiger partial charge >= 0.3 is 0 Å². The molecule has 0 saturated heterocycles. The molecule has 8 heteroatoms. The number of aromatic nitrogens is 2. The van der Waals surface area contributed by atoms with Gasteiger partial charge in [-0.2, -0.15) is 5.10 Å². The third-order valence-electron chi connectivity index (χ3n) is 6.93. The maximum atomic E-state index is 13.8. The lowest BCUT2D eigenvalue weighted by molar-refractivity contribution is -0.123. The molecule has 1 atom stereocenters. The number of rotatable bonds is 8. The van der Waals surface area contributed by atoms with E-state index in [1.807, 2.05) is 85.3 Å². The summed E-state index contributed by atoms with van der Waals surface area (Å²) in [6.07, 6.45) is 0. The van der Waals surface area contributed by atoms with Crippen molar-refractivity contribution >= 4 is 29.4 Å². The number of aryl methyl sites for hydroxylation is 1. The van der Waals surface area contributed by atoms with E-state index in [1.54, 1.807) is 23.8 Å². The molecule has 40 heavy (non-hydrogen) atoms. The van der Waals surface area contributed by atoms with Crippen molar-refractivity contribution in [1.82, 2.24) is 15.1 Å². The van der Waals surface area contributed by atoms with E-state index < -0.39 is 0 Å². The van der Waals surface area contributed by atoms with Crippen molar-refractivity contribution in [3.8, 4) is 22.7 Å². The number of amides is 2. The lowest BCUT2D eigenvalue weighted by atomic mass is 9.97. The number of carbonyl (C=O) groups is 2. The standard InChI is InChI=1S/C32H34N4O3S/c1-21(2)18-33-27(37)19-35-28(38)20-40-31(26-13-9-8-10-22(26)3)29-30(23-11-6-5-7-12-23)34-36(32(29)35)24-14-16-25(39-4)17-15-24/h5-17,21,31H,18-20H2,1-4H3,(H,33,37)/t31-/m1/s1. The zero-order chi connectivity index (χ0) is 28.2. The maximum Gasteiger partial charge on any atom is 0.240 e. The smallest absolute Gasteiger partial charge is 0.240 e.